The maximum absolute atomic E-state index is 12.2. The van der Waals surface area contributed by atoms with Crippen LogP contribution < -0.4 is 0 Å². The highest BCUT2D eigenvalue weighted by Gasteiger charge is 2.36. The lowest BCUT2D eigenvalue weighted by Crippen LogP contribution is -2.33. The van der Waals surface area contributed by atoms with E-state index in [9.17, 15) is 14.7 Å². The second-order valence-electron chi connectivity index (χ2n) is 10.8. The Morgan fingerprint density at radius 3 is 1.48 bits per heavy atom. The molecule has 1 fully saturated rings. The van der Waals surface area contributed by atoms with E-state index in [1.165, 1.54) is 96.3 Å². The van der Waals surface area contributed by atoms with Gasteiger partial charge in [-0.3, -0.25) is 9.59 Å². The van der Waals surface area contributed by atoms with E-state index in [0.29, 0.717) is 19.4 Å². The van der Waals surface area contributed by atoms with Crippen LogP contribution in [0.5, 0.6) is 0 Å². The van der Waals surface area contributed by atoms with Crippen LogP contribution in [-0.2, 0) is 14.3 Å². The molecule has 0 saturated heterocycles. The van der Waals surface area contributed by atoms with E-state index in [0.717, 1.165) is 31.6 Å². The zero-order chi connectivity index (χ0) is 24.2. The lowest BCUT2D eigenvalue weighted by Gasteiger charge is -2.26. The van der Waals surface area contributed by atoms with Crippen LogP contribution in [0.1, 0.15) is 149 Å². The van der Waals surface area contributed by atoms with E-state index in [1.807, 2.05) is 0 Å². The van der Waals surface area contributed by atoms with Gasteiger partial charge in [-0.2, -0.15) is 0 Å². The number of aliphatic carboxylic acids is 1. The summed E-state index contributed by atoms with van der Waals surface area (Å²) in [7, 11) is 0. The third kappa shape index (κ3) is 16.2. The Labute approximate surface area is 204 Å². The Morgan fingerprint density at radius 2 is 1.06 bits per heavy atom. The zero-order valence-corrected chi connectivity index (χ0v) is 22.0. The largest absolute Gasteiger partial charge is 0.481 e. The topological polar surface area (TPSA) is 63.6 Å². The molecular formula is C29H54O4. The molecule has 0 amide bonds. The summed E-state index contributed by atoms with van der Waals surface area (Å²) in [5, 5.41) is 9.29. The lowest BCUT2D eigenvalue weighted by molar-refractivity contribution is -0.159. The van der Waals surface area contributed by atoms with Gasteiger partial charge in [-0.1, -0.05) is 129 Å². The Morgan fingerprint density at radius 1 is 0.667 bits per heavy atom. The van der Waals surface area contributed by atoms with Crippen LogP contribution in [0.2, 0.25) is 0 Å². The van der Waals surface area contributed by atoms with Crippen LogP contribution in [0.25, 0.3) is 0 Å². The standard InChI is InChI=1S/C29H54O4/c1-25(2)21-17-15-13-11-9-7-5-3-4-6-8-10-12-14-16-20-24-33-29(32)27-23-19-18-22-26(27)28(30)31/h25-27H,3-24H2,1-2H3,(H,30,31). The predicted molar refractivity (Wildman–Crippen MR) is 137 cm³/mol. The first-order valence-corrected chi connectivity index (χ1v) is 14.4. The Kier molecular flexibility index (Phi) is 18.5. The normalized spacial score (nSPS) is 18.5. The highest BCUT2D eigenvalue weighted by atomic mass is 16.5. The quantitative estimate of drug-likeness (QED) is 0.136. The summed E-state index contributed by atoms with van der Waals surface area (Å²) in [6, 6.07) is 0. The fourth-order valence-electron chi connectivity index (χ4n) is 5.12. The first-order chi connectivity index (χ1) is 16.0. The number of carboxylic acid groups (broad SMARTS) is 1. The van der Waals surface area contributed by atoms with Gasteiger partial charge in [0.1, 0.15) is 0 Å². The van der Waals surface area contributed by atoms with Gasteiger partial charge in [0.15, 0.2) is 0 Å². The molecule has 0 aromatic rings. The van der Waals surface area contributed by atoms with Crippen LogP contribution in [0.4, 0.5) is 0 Å². The van der Waals surface area contributed by atoms with E-state index in [1.54, 1.807) is 0 Å². The van der Waals surface area contributed by atoms with Gasteiger partial charge in [-0.15, -0.1) is 0 Å². The minimum Gasteiger partial charge on any atom is -0.481 e. The van der Waals surface area contributed by atoms with Crippen molar-refractivity contribution in [2.45, 2.75) is 149 Å². The molecule has 194 valence electrons. The molecule has 1 N–H and O–H groups in total. The lowest BCUT2D eigenvalue weighted by atomic mass is 9.79. The monoisotopic (exact) mass is 466 g/mol. The van der Waals surface area contributed by atoms with Crippen molar-refractivity contribution in [3.05, 3.63) is 0 Å². The van der Waals surface area contributed by atoms with Gasteiger partial charge in [0.05, 0.1) is 18.4 Å². The molecule has 2 unspecified atom stereocenters. The molecule has 1 rings (SSSR count). The molecule has 0 radical (unpaired) electrons. The van der Waals surface area contributed by atoms with Crippen LogP contribution in [0.3, 0.4) is 0 Å². The molecule has 0 bridgehead atoms. The average molecular weight is 467 g/mol. The van der Waals surface area contributed by atoms with Gasteiger partial charge < -0.3 is 9.84 Å². The van der Waals surface area contributed by atoms with Gasteiger partial charge >= 0.3 is 11.9 Å². The second kappa shape index (κ2) is 20.3. The summed E-state index contributed by atoms with van der Waals surface area (Å²) in [6.07, 6.45) is 25.8. The molecule has 2 atom stereocenters. The molecule has 1 saturated carbocycles. The second-order valence-corrected chi connectivity index (χ2v) is 10.8. The van der Waals surface area contributed by atoms with Crippen molar-refractivity contribution in [1.82, 2.24) is 0 Å². The van der Waals surface area contributed by atoms with Crippen LogP contribution in [0.15, 0.2) is 0 Å². The van der Waals surface area contributed by atoms with Gasteiger partial charge in [0, 0.05) is 0 Å². The summed E-state index contributed by atoms with van der Waals surface area (Å²) in [5.41, 5.74) is 0. The fourth-order valence-corrected chi connectivity index (χ4v) is 5.12. The number of esters is 1. The Bertz CT molecular complexity index is 488. The van der Waals surface area contributed by atoms with E-state index >= 15 is 0 Å². The van der Waals surface area contributed by atoms with E-state index in [-0.39, 0.29) is 5.97 Å². The van der Waals surface area contributed by atoms with Crippen molar-refractivity contribution >= 4 is 11.9 Å². The van der Waals surface area contributed by atoms with Crippen molar-refractivity contribution in [1.29, 1.82) is 0 Å². The maximum Gasteiger partial charge on any atom is 0.309 e. The minimum atomic E-state index is -0.848. The number of hydrogen-bond acceptors (Lipinski definition) is 3. The molecule has 33 heavy (non-hydrogen) atoms. The maximum atomic E-state index is 12.2. The van der Waals surface area contributed by atoms with Crippen molar-refractivity contribution in [3.8, 4) is 0 Å². The summed E-state index contributed by atoms with van der Waals surface area (Å²) in [6.45, 7) is 5.08. The molecule has 4 nitrogen and oxygen atoms in total. The third-order valence-electron chi connectivity index (χ3n) is 7.31. The SMILES string of the molecule is CC(C)CCCCCCCCCCCCCCCCCCOC(=O)C1CCCCC1C(=O)O. The molecule has 1 aliphatic rings. The summed E-state index contributed by atoms with van der Waals surface area (Å²) in [4.78, 5) is 23.5. The van der Waals surface area contributed by atoms with Gasteiger partial charge in [-0.25, -0.2) is 0 Å². The third-order valence-corrected chi connectivity index (χ3v) is 7.31. The van der Waals surface area contributed by atoms with Crippen molar-refractivity contribution in [2.24, 2.45) is 17.8 Å². The Balaban J connectivity index is 1.80. The fraction of sp³-hybridized carbons (Fsp3) is 0.931. The van der Waals surface area contributed by atoms with Gasteiger partial charge in [0.2, 0.25) is 0 Å². The molecule has 4 heteroatoms. The van der Waals surface area contributed by atoms with E-state index in [4.69, 9.17) is 4.74 Å². The highest BCUT2D eigenvalue weighted by molar-refractivity contribution is 5.81. The summed E-state index contributed by atoms with van der Waals surface area (Å²) in [5.74, 6) is -1.25. The molecule has 1 aliphatic carbocycles. The Hall–Kier alpha value is -1.06. The van der Waals surface area contributed by atoms with Crippen molar-refractivity contribution in [2.75, 3.05) is 6.61 Å². The zero-order valence-electron chi connectivity index (χ0n) is 22.0. The molecule has 0 aliphatic heterocycles. The first kappa shape index (κ1) is 30.0. The number of rotatable bonds is 21. The number of hydrogen-bond donors (Lipinski definition) is 1. The molecule has 0 aromatic heterocycles. The van der Waals surface area contributed by atoms with Crippen LogP contribution in [0, 0.1) is 17.8 Å². The molecular weight excluding hydrogens is 412 g/mol. The van der Waals surface area contributed by atoms with E-state index in [2.05, 4.69) is 13.8 Å². The molecule has 0 heterocycles. The van der Waals surface area contributed by atoms with Crippen LogP contribution in [-0.4, -0.2) is 23.7 Å². The minimum absolute atomic E-state index is 0.288. The molecule has 0 spiro atoms. The number of carboxylic acids is 1. The summed E-state index contributed by atoms with van der Waals surface area (Å²) < 4.78 is 5.39. The molecule has 0 aromatic carbocycles. The summed E-state index contributed by atoms with van der Waals surface area (Å²) >= 11 is 0. The van der Waals surface area contributed by atoms with E-state index < -0.39 is 17.8 Å². The van der Waals surface area contributed by atoms with Crippen LogP contribution >= 0.6 is 0 Å². The average Bonchev–Trinajstić information content (AvgIpc) is 2.80. The van der Waals surface area contributed by atoms with Crippen molar-refractivity contribution in [3.63, 3.8) is 0 Å². The smallest absolute Gasteiger partial charge is 0.309 e. The van der Waals surface area contributed by atoms with Gasteiger partial charge in [-0.05, 0) is 25.2 Å². The number of carbonyl (C=O) groups excluding carboxylic acids is 1. The van der Waals surface area contributed by atoms with Gasteiger partial charge in [0.25, 0.3) is 0 Å². The predicted octanol–water partition coefficient (Wildman–Crippen LogP) is 8.71. The highest BCUT2D eigenvalue weighted by Crippen LogP contribution is 2.31. The number of unbranched alkanes of at least 4 members (excludes halogenated alkanes) is 15. The number of ether oxygens (including phenoxy) is 1. The first-order valence-electron chi connectivity index (χ1n) is 14.4. The van der Waals surface area contributed by atoms with Crippen molar-refractivity contribution < 1.29 is 19.4 Å². The number of carbonyl (C=O) groups is 2.